The summed E-state index contributed by atoms with van der Waals surface area (Å²) in [7, 11) is 0. The van der Waals surface area contributed by atoms with Crippen LogP contribution in [0.1, 0.15) is 55.3 Å². The molecule has 4 atom stereocenters. The normalized spacial score (nSPS) is 42.8. The van der Waals surface area contributed by atoms with E-state index in [0.717, 1.165) is 44.6 Å². The third-order valence-electron chi connectivity index (χ3n) is 8.12. The van der Waals surface area contributed by atoms with Crippen molar-refractivity contribution < 1.29 is 14.6 Å². The molecule has 0 spiro atoms. The van der Waals surface area contributed by atoms with Crippen molar-refractivity contribution in [1.29, 1.82) is 0 Å². The number of anilines is 1. The standard InChI is InChI=1S/C22H30N4O3/c27-20(26-19-14-3-12-4-15(19)7-22(28,5-12)6-14)16-8-23-21(24-9-16)25-18-11-29-10-17(18)13-1-2-13/h8-9,12-15,17-19,28H,1-7,10-11H2,(H,26,27)(H,23,24,25)/t12?,14?,15?,17?,18-,19?,22?/m1/s1. The SMILES string of the molecule is O=C(NC1C2CC3CC1CC(O)(C3)C2)c1cnc(N[C@@H]2COCC2C2CC2)nc1. The Bertz CT molecular complexity index is 780. The van der Waals surface area contributed by atoms with Gasteiger partial charge in [-0.1, -0.05) is 0 Å². The first-order valence-corrected chi connectivity index (χ1v) is 11.3. The number of nitrogens with one attached hydrogen (secondary N) is 2. The molecule has 29 heavy (non-hydrogen) atoms. The lowest BCUT2D eigenvalue weighted by atomic mass is 9.52. The Kier molecular flexibility index (Phi) is 4.14. The number of carbonyl (C=O) groups excluding carboxylic acids is 1. The van der Waals surface area contributed by atoms with E-state index in [0.29, 0.717) is 41.8 Å². The maximum atomic E-state index is 12.8. The van der Waals surface area contributed by atoms with E-state index in [2.05, 4.69) is 20.6 Å². The fraction of sp³-hybridized carbons (Fsp3) is 0.773. The minimum Gasteiger partial charge on any atom is -0.390 e. The molecule has 0 radical (unpaired) electrons. The molecule has 156 valence electrons. The molecule has 6 fully saturated rings. The maximum absolute atomic E-state index is 12.8. The average Bonchev–Trinajstić information content (AvgIpc) is 3.43. The van der Waals surface area contributed by atoms with Gasteiger partial charge in [0.05, 0.1) is 30.4 Å². The number of hydrogen-bond acceptors (Lipinski definition) is 6. The van der Waals surface area contributed by atoms with E-state index in [4.69, 9.17) is 4.74 Å². The van der Waals surface area contributed by atoms with Crippen LogP contribution in [0.4, 0.5) is 5.95 Å². The summed E-state index contributed by atoms with van der Waals surface area (Å²) >= 11 is 0. The number of amides is 1. The van der Waals surface area contributed by atoms with Gasteiger partial charge in [-0.05, 0) is 68.6 Å². The summed E-state index contributed by atoms with van der Waals surface area (Å²) in [5.74, 6) is 3.24. The van der Waals surface area contributed by atoms with Crippen LogP contribution in [0.2, 0.25) is 0 Å². The minimum absolute atomic E-state index is 0.0962. The largest absolute Gasteiger partial charge is 0.390 e. The van der Waals surface area contributed by atoms with E-state index in [1.165, 1.54) is 12.8 Å². The summed E-state index contributed by atoms with van der Waals surface area (Å²) in [6, 6.07) is 0.438. The van der Waals surface area contributed by atoms with E-state index in [1.54, 1.807) is 12.4 Å². The van der Waals surface area contributed by atoms with Gasteiger partial charge in [0.15, 0.2) is 0 Å². The highest BCUT2D eigenvalue weighted by atomic mass is 16.5. The first-order valence-electron chi connectivity index (χ1n) is 11.3. The van der Waals surface area contributed by atoms with E-state index in [1.807, 2.05) is 0 Å². The smallest absolute Gasteiger partial charge is 0.254 e. The molecule has 3 unspecified atom stereocenters. The second kappa shape index (κ2) is 6.64. The molecule has 1 aromatic rings. The Hall–Kier alpha value is -1.73. The average molecular weight is 399 g/mol. The lowest BCUT2D eigenvalue weighted by Crippen LogP contribution is -2.61. The van der Waals surface area contributed by atoms with Gasteiger partial charge in [-0.25, -0.2) is 9.97 Å². The molecule has 5 saturated carbocycles. The summed E-state index contributed by atoms with van der Waals surface area (Å²) < 4.78 is 5.64. The van der Waals surface area contributed by atoms with Crippen LogP contribution in [-0.2, 0) is 4.74 Å². The van der Waals surface area contributed by atoms with Crippen molar-refractivity contribution in [2.24, 2.45) is 29.6 Å². The molecule has 5 aliphatic carbocycles. The zero-order valence-corrected chi connectivity index (χ0v) is 16.7. The van der Waals surface area contributed by atoms with Gasteiger partial charge in [0.2, 0.25) is 5.95 Å². The second-order valence-corrected chi connectivity index (χ2v) is 10.3. The first kappa shape index (κ1) is 18.1. The fourth-order valence-corrected chi connectivity index (χ4v) is 6.85. The van der Waals surface area contributed by atoms with Crippen molar-refractivity contribution in [2.45, 2.75) is 62.6 Å². The van der Waals surface area contributed by atoms with Gasteiger partial charge in [0, 0.05) is 24.4 Å². The van der Waals surface area contributed by atoms with Crippen LogP contribution >= 0.6 is 0 Å². The predicted molar refractivity (Wildman–Crippen MR) is 106 cm³/mol. The van der Waals surface area contributed by atoms with E-state index in [9.17, 15) is 9.90 Å². The van der Waals surface area contributed by atoms with Crippen molar-refractivity contribution >= 4 is 11.9 Å². The van der Waals surface area contributed by atoms with Crippen molar-refractivity contribution in [2.75, 3.05) is 18.5 Å². The van der Waals surface area contributed by atoms with Crippen molar-refractivity contribution in [3.05, 3.63) is 18.0 Å². The molecule has 6 aliphatic rings. The fourth-order valence-electron chi connectivity index (χ4n) is 6.85. The highest BCUT2D eigenvalue weighted by Gasteiger charge is 2.55. The Morgan fingerprint density at radius 2 is 1.79 bits per heavy atom. The van der Waals surface area contributed by atoms with Crippen LogP contribution < -0.4 is 10.6 Å². The summed E-state index contributed by atoms with van der Waals surface area (Å²) in [5, 5.41) is 17.4. The highest BCUT2D eigenvalue weighted by molar-refractivity contribution is 5.93. The summed E-state index contributed by atoms with van der Waals surface area (Å²) in [6.07, 6.45) is 10.7. The Labute approximate surface area is 171 Å². The van der Waals surface area contributed by atoms with Gasteiger partial charge in [0.1, 0.15) is 0 Å². The minimum atomic E-state index is -0.476. The van der Waals surface area contributed by atoms with Crippen LogP contribution in [0.15, 0.2) is 12.4 Å². The highest BCUT2D eigenvalue weighted by Crippen LogP contribution is 2.55. The Morgan fingerprint density at radius 1 is 1.07 bits per heavy atom. The molecule has 7 rings (SSSR count). The third-order valence-corrected chi connectivity index (χ3v) is 8.12. The molecule has 1 amide bonds. The maximum Gasteiger partial charge on any atom is 0.254 e. The number of ether oxygens (including phenoxy) is 1. The molecule has 7 heteroatoms. The van der Waals surface area contributed by atoms with Crippen molar-refractivity contribution in [1.82, 2.24) is 15.3 Å². The van der Waals surface area contributed by atoms with Gasteiger partial charge in [-0.3, -0.25) is 4.79 Å². The number of nitrogens with zero attached hydrogens (tertiary/aromatic N) is 2. The summed E-state index contributed by atoms with van der Waals surface area (Å²) in [5.41, 5.74) is 0.0284. The van der Waals surface area contributed by atoms with Crippen LogP contribution in [0.5, 0.6) is 0 Å². The number of carbonyl (C=O) groups is 1. The molecule has 7 nitrogen and oxygen atoms in total. The van der Waals surface area contributed by atoms with Crippen LogP contribution in [0.25, 0.3) is 0 Å². The summed E-state index contributed by atoms with van der Waals surface area (Å²) in [4.78, 5) is 21.6. The second-order valence-electron chi connectivity index (χ2n) is 10.3. The molecule has 1 aliphatic heterocycles. The van der Waals surface area contributed by atoms with Gasteiger partial charge in [0.25, 0.3) is 5.91 Å². The van der Waals surface area contributed by atoms with Gasteiger partial charge in [-0.15, -0.1) is 0 Å². The van der Waals surface area contributed by atoms with E-state index in [-0.39, 0.29) is 18.0 Å². The Balaban J connectivity index is 1.09. The lowest BCUT2D eigenvalue weighted by molar-refractivity contribution is -0.136. The number of aromatic nitrogens is 2. The van der Waals surface area contributed by atoms with Gasteiger partial charge < -0.3 is 20.5 Å². The zero-order valence-electron chi connectivity index (χ0n) is 16.7. The number of aliphatic hydroxyl groups is 1. The molecular formula is C22H30N4O3. The molecule has 1 saturated heterocycles. The van der Waals surface area contributed by atoms with Gasteiger partial charge >= 0.3 is 0 Å². The van der Waals surface area contributed by atoms with Crippen LogP contribution in [0.3, 0.4) is 0 Å². The zero-order chi connectivity index (χ0) is 19.6. The van der Waals surface area contributed by atoms with E-state index < -0.39 is 5.60 Å². The quantitative estimate of drug-likeness (QED) is 0.702. The molecule has 0 aromatic carbocycles. The van der Waals surface area contributed by atoms with E-state index >= 15 is 0 Å². The third kappa shape index (κ3) is 3.32. The summed E-state index contributed by atoms with van der Waals surface area (Å²) in [6.45, 7) is 1.52. The van der Waals surface area contributed by atoms with Crippen LogP contribution in [-0.4, -0.2) is 51.9 Å². The van der Waals surface area contributed by atoms with Crippen LogP contribution in [0, 0.1) is 29.6 Å². The monoisotopic (exact) mass is 398 g/mol. The van der Waals surface area contributed by atoms with Gasteiger partial charge in [-0.2, -0.15) is 0 Å². The topological polar surface area (TPSA) is 96.4 Å². The van der Waals surface area contributed by atoms with Crippen molar-refractivity contribution in [3.63, 3.8) is 0 Å². The molecular weight excluding hydrogens is 368 g/mol. The molecule has 4 bridgehead atoms. The van der Waals surface area contributed by atoms with Crippen molar-refractivity contribution in [3.8, 4) is 0 Å². The lowest BCUT2D eigenvalue weighted by Gasteiger charge is -2.58. The molecule has 2 heterocycles. The predicted octanol–water partition coefficient (Wildman–Crippen LogP) is 1.98. The molecule has 1 aromatic heterocycles. The first-order chi connectivity index (χ1) is 14.1. The Morgan fingerprint density at radius 3 is 2.45 bits per heavy atom. The number of hydrogen-bond donors (Lipinski definition) is 3. The molecule has 3 N–H and O–H groups in total. The number of rotatable bonds is 5.